The van der Waals surface area contributed by atoms with Gasteiger partial charge in [0, 0.05) is 28.6 Å². The molecular weight excluding hydrogens is 310 g/mol. The summed E-state index contributed by atoms with van der Waals surface area (Å²) in [6.07, 6.45) is 2.42. The highest BCUT2D eigenvalue weighted by Gasteiger charge is 2.14. The van der Waals surface area contributed by atoms with Crippen molar-refractivity contribution in [1.29, 1.82) is 0 Å². The zero-order chi connectivity index (χ0) is 16.1. The first-order valence-electron chi connectivity index (χ1n) is 7.96. The topological polar surface area (TPSA) is 38.3 Å². The summed E-state index contributed by atoms with van der Waals surface area (Å²) in [6.45, 7) is 2.85. The maximum Gasteiger partial charge on any atom is 0.193 e. The molecule has 1 saturated heterocycles. The molecule has 1 atom stereocenters. The van der Waals surface area contributed by atoms with Gasteiger partial charge in [0.2, 0.25) is 0 Å². The Kier molecular flexibility index (Phi) is 5.31. The van der Waals surface area contributed by atoms with Crippen LogP contribution in [0, 0.1) is 5.92 Å². The molecule has 0 saturated carbocycles. The van der Waals surface area contributed by atoms with Crippen LogP contribution in [0.5, 0.6) is 5.75 Å². The predicted octanol–water partition coefficient (Wildman–Crippen LogP) is 3.95. The number of ether oxygens (including phenoxy) is 1. The lowest BCUT2D eigenvalue weighted by Crippen LogP contribution is -2.33. The second kappa shape index (κ2) is 7.62. The van der Waals surface area contributed by atoms with Crippen LogP contribution in [0.15, 0.2) is 48.5 Å². The van der Waals surface area contributed by atoms with E-state index in [0.29, 0.717) is 22.1 Å². The van der Waals surface area contributed by atoms with Crippen molar-refractivity contribution < 1.29 is 9.53 Å². The van der Waals surface area contributed by atoms with Crippen LogP contribution in [0.4, 0.5) is 0 Å². The Labute approximate surface area is 141 Å². The van der Waals surface area contributed by atoms with E-state index in [2.05, 4.69) is 5.32 Å². The molecule has 0 bridgehead atoms. The molecule has 0 amide bonds. The maximum atomic E-state index is 12.4. The van der Waals surface area contributed by atoms with E-state index >= 15 is 0 Å². The summed E-state index contributed by atoms with van der Waals surface area (Å²) in [6, 6.07) is 14.3. The molecule has 4 heteroatoms. The van der Waals surface area contributed by atoms with Crippen molar-refractivity contribution in [2.24, 2.45) is 5.92 Å². The van der Waals surface area contributed by atoms with Crippen LogP contribution in [0.3, 0.4) is 0 Å². The van der Waals surface area contributed by atoms with Crippen molar-refractivity contribution in [3.63, 3.8) is 0 Å². The Balaban J connectivity index is 1.60. The fraction of sp³-hybridized carbons (Fsp3) is 0.316. The molecule has 3 rings (SSSR count). The van der Waals surface area contributed by atoms with Crippen molar-refractivity contribution in [3.05, 3.63) is 64.7 Å². The number of halogens is 1. The van der Waals surface area contributed by atoms with Gasteiger partial charge in [0.05, 0.1) is 6.61 Å². The number of carbonyl (C=O) groups excluding carboxylic acids is 1. The molecule has 23 heavy (non-hydrogen) atoms. The van der Waals surface area contributed by atoms with Crippen molar-refractivity contribution in [3.8, 4) is 5.75 Å². The van der Waals surface area contributed by atoms with Crippen molar-refractivity contribution >= 4 is 17.4 Å². The summed E-state index contributed by atoms with van der Waals surface area (Å²) < 4.78 is 5.83. The van der Waals surface area contributed by atoms with E-state index in [1.54, 1.807) is 24.3 Å². The zero-order valence-electron chi connectivity index (χ0n) is 12.9. The number of rotatable bonds is 5. The van der Waals surface area contributed by atoms with Gasteiger partial charge in [-0.15, -0.1) is 0 Å². The SMILES string of the molecule is O=C(c1ccc(Cl)cc1)c1ccc(OC[C@@H]2CCCNC2)cc1. The van der Waals surface area contributed by atoms with Gasteiger partial charge in [-0.25, -0.2) is 0 Å². The minimum absolute atomic E-state index is 0.00954. The summed E-state index contributed by atoms with van der Waals surface area (Å²) in [7, 11) is 0. The van der Waals surface area contributed by atoms with E-state index in [0.717, 1.165) is 25.4 Å². The number of hydrogen-bond acceptors (Lipinski definition) is 3. The maximum absolute atomic E-state index is 12.4. The third kappa shape index (κ3) is 4.34. The fourth-order valence-corrected chi connectivity index (χ4v) is 2.88. The summed E-state index contributed by atoms with van der Waals surface area (Å²) in [4.78, 5) is 12.4. The van der Waals surface area contributed by atoms with Crippen molar-refractivity contribution in [1.82, 2.24) is 5.32 Å². The first-order valence-corrected chi connectivity index (χ1v) is 8.34. The molecule has 0 unspecified atom stereocenters. The minimum atomic E-state index is -0.00954. The van der Waals surface area contributed by atoms with Gasteiger partial charge in [-0.1, -0.05) is 11.6 Å². The Hall–Kier alpha value is -1.84. The highest BCUT2D eigenvalue weighted by atomic mass is 35.5. The van der Waals surface area contributed by atoms with Crippen LogP contribution in [0.1, 0.15) is 28.8 Å². The van der Waals surface area contributed by atoms with Gasteiger partial charge < -0.3 is 10.1 Å². The minimum Gasteiger partial charge on any atom is -0.493 e. The Bertz CT molecular complexity index is 646. The second-order valence-electron chi connectivity index (χ2n) is 5.88. The van der Waals surface area contributed by atoms with Crippen LogP contribution in [-0.4, -0.2) is 25.5 Å². The molecule has 0 aromatic heterocycles. The van der Waals surface area contributed by atoms with Crippen molar-refractivity contribution in [2.75, 3.05) is 19.7 Å². The Morgan fingerprint density at radius 2 is 1.74 bits per heavy atom. The first-order chi connectivity index (χ1) is 11.2. The van der Waals surface area contributed by atoms with E-state index in [1.165, 1.54) is 12.8 Å². The predicted molar refractivity (Wildman–Crippen MR) is 92.4 cm³/mol. The van der Waals surface area contributed by atoms with Crippen LogP contribution >= 0.6 is 11.6 Å². The third-order valence-corrected chi connectivity index (χ3v) is 4.36. The molecule has 1 heterocycles. The van der Waals surface area contributed by atoms with Crippen molar-refractivity contribution in [2.45, 2.75) is 12.8 Å². The van der Waals surface area contributed by atoms with Gasteiger partial charge in [0.1, 0.15) is 5.75 Å². The van der Waals surface area contributed by atoms with E-state index in [4.69, 9.17) is 16.3 Å². The summed E-state index contributed by atoms with van der Waals surface area (Å²) in [5.41, 5.74) is 1.29. The number of hydrogen-bond donors (Lipinski definition) is 1. The van der Waals surface area contributed by atoms with Gasteiger partial charge >= 0.3 is 0 Å². The van der Waals surface area contributed by atoms with Gasteiger partial charge in [-0.3, -0.25) is 4.79 Å². The molecule has 1 aliphatic heterocycles. The molecule has 2 aromatic rings. The normalized spacial score (nSPS) is 17.7. The van der Waals surface area contributed by atoms with E-state index in [9.17, 15) is 4.79 Å². The van der Waals surface area contributed by atoms with Crippen LogP contribution < -0.4 is 10.1 Å². The molecule has 3 nitrogen and oxygen atoms in total. The highest BCUT2D eigenvalue weighted by molar-refractivity contribution is 6.30. The second-order valence-corrected chi connectivity index (χ2v) is 6.32. The van der Waals surface area contributed by atoms with E-state index in [1.807, 2.05) is 24.3 Å². The molecule has 1 aliphatic rings. The molecule has 0 radical (unpaired) electrons. The van der Waals surface area contributed by atoms with E-state index < -0.39 is 0 Å². The fourth-order valence-electron chi connectivity index (χ4n) is 2.75. The van der Waals surface area contributed by atoms with E-state index in [-0.39, 0.29) is 5.78 Å². The van der Waals surface area contributed by atoms with Gasteiger partial charge in [-0.2, -0.15) is 0 Å². The molecule has 0 spiro atoms. The number of nitrogens with one attached hydrogen (secondary N) is 1. The largest absolute Gasteiger partial charge is 0.493 e. The smallest absolute Gasteiger partial charge is 0.193 e. The molecule has 0 aliphatic carbocycles. The lowest BCUT2D eigenvalue weighted by molar-refractivity contribution is 0.103. The summed E-state index contributed by atoms with van der Waals surface area (Å²) in [5.74, 6) is 1.37. The lowest BCUT2D eigenvalue weighted by Gasteiger charge is -2.22. The summed E-state index contributed by atoms with van der Waals surface area (Å²) >= 11 is 5.85. The molecule has 1 fully saturated rings. The highest BCUT2D eigenvalue weighted by Crippen LogP contribution is 2.18. The number of ketones is 1. The average molecular weight is 330 g/mol. The van der Waals surface area contributed by atoms with Crippen LogP contribution in [0.2, 0.25) is 5.02 Å². The summed E-state index contributed by atoms with van der Waals surface area (Å²) in [5, 5.41) is 4.01. The first kappa shape index (κ1) is 16.0. The molecular formula is C19H20ClNO2. The van der Waals surface area contributed by atoms with Crippen LogP contribution in [0.25, 0.3) is 0 Å². The number of carbonyl (C=O) groups is 1. The van der Waals surface area contributed by atoms with Crippen LogP contribution in [-0.2, 0) is 0 Å². The monoisotopic (exact) mass is 329 g/mol. The number of piperidine rings is 1. The average Bonchev–Trinajstić information content (AvgIpc) is 2.61. The zero-order valence-corrected chi connectivity index (χ0v) is 13.7. The van der Waals surface area contributed by atoms with Gasteiger partial charge in [0.15, 0.2) is 5.78 Å². The molecule has 2 aromatic carbocycles. The Morgan fingerprint density at radius 3 is 2.35 bits per heavy atom. The standard InChI is InChI=1S/C19H20ClNO2/c20-17-7-3-15(4-8-17)19(22)16-5-9-18(10-6-16)23-13-14-2-1-11-21-12-14/h3-10,14,21H,1-2,11-13H2/t14-/m1/s1. The Morgan fingerprint density at radius 1 is 1.09 bits per heavy atom. The quantitative estimate of drug-likeness (QED) is 0.844. The molecule has 1 N–H and O–H groups in total. The van der Waals surface area contributed by atoms with Gasteiger partial charge in [-0.05, 0) is 67.9 Å². The lowest BCUT2D eigenvalue weighted by atomic mass is 10.0. The van der Waals surface area contributed by atoms with Gasteiger partial charge in [0.25, 0.3) is 0 Å². The third-order valence-electron chi connectivity index (χ3n) is 4.11. The molecule has 120 valence electrons. The number of benzene rings is 2.